The van der Waals surface area contributed by atoms with Crippen LogP contribution in [-0.4, -0.2) is 19.2 Å². The molecule has 1 aliphatic carbocycles. The Bertz CT molecular complexity index is 391. The Hall–Kier alpha value is -1.36. The van der Waals surface area contributed by atoms with Gasteiger partial charge in [-0.25, -0.2) is 9.37 Å². The third kappa shape index (κ3) is 1.63. The molecule has 0 atom stereocenters. The molecule has 1 fully saturated rings. The second-order valence-electron chi connectivity index (χ2n) is 3.69. The SMILES string of the molecule is COc1cc(OC)c(F)c(C2(N)CC2)n1. The van der Waals surface area contributed by atoms with E-state index in [2.05, 4.69) is 4.98 Å². The molecule has 0 bridgehead atoms. The highest BCUT2D eigenvalue weighted by molar-refractivity contribution is 5.37. The van der Waals surface area contributed by atoms with E-state index in [0.29, 0.717) is 5.88 Å². The lowest BCUT2D eigenvalue weighted by atomic mass is 10.1. The minimum atomic E-state index is -0.633. The monoisotopic (exact) mass is 212 g/mol. The predicted octanol–water partition coefficient (Wildman–Crippen LogP) is 1.19. The Morgan fingerprint density at radius 2 is 2.07 bits per heavy atom. The largest absolute Gasteiger partial charge is 0.493 e. The summed E-state index contributed by atoms with van der Waals surface area (Å²) < 4.78 is 23.7. The van der Waals surface area contributed by atoms with Gasteiger partial charge in [-0.3, -0.25) is 0 Å². The first-order valence-corrected chi connectivity index (χ1v) is 4.68. The van der Waals surface area contributed by atoms with Crippen molar-refractivity contribution in [2.75, 3.05) is 14.2 Å². The van der Waals surface area contributed by atoms with Crippen molar-refractivity contribution in [1.29, 1.82) is 0 Å². The first kappa shape index (κ1) is 10.2. The topological polar surface area (TPSA) is 57.4 Å². The van der Waals surface area contributed by atoms with Crippen molar-refractivity contribution in [3.63, 3.8) is 0 Å². The molecule has 0 unspecified atom stereocenters. The van der Waals surface area contributed by atoms with E-state index in [1.807, 2.05) is 0 Å². The summed E-state index contributed by atoms with van der Waals surface area (Å²) in [7, 11) is 2.87. The molecule has 1 heterocycles. The van der Waals surface area contributed by atoms with Crippen molar-refractivity contribution >= 4 is 0 Å². The van der Waals surface area contributed by atoms with Crippen molar-refractivity contribution in [1.82, 2.24) is 4.98 Å². The number of hydrogen-bond donors (Lipinski definition) is 1. The number of aromatic nitrogens is 1. The maximum Gasteiger partial charge on any atom is 0.217 e. The van der Waals surface area contributed by atoms with Crippen LogP contribution < -0.4 is 15.2 Å². The number of pyridine rings is 1. The van der Waals surface area contributed by atoms with Gasteiger partial charge < -0.3 is 15.2 Å². The molecule has 1 aromatic heterocycles. The lowest BCUT2D eigenvalue weighted by Gasteiger charge is -2.13. The van der Waals surface area contributed by atoms with Crippen LogP contribution in [0.5, 0.6) is 11.6 Å². The molecule has 4 nitrogen and oxygen atoms in total. The predicted molar refractivity (Wildman–Crippen MR) is 52.4 cm³/mol. The molecule has 82 valence electrons. The van der Waals surface area contributed by atoms with E-state index in [1.54, 1.807) is 0 Å². The Morgan fingerprint density at radius 3 is 2.53 bits per heavy atom. The van der Waals surface area contributed by atoms with Gasteiger partial charge in [-0.15, -0.1) is 0 Å². The molecule has 0 aliphatic heterocycles. The normalized spacial score (nSPS) is 17.3. The van der Waals surface area contributed by atoms with Gasteiger partial charge in [-0.1, -0.05) is 0 Å². The van der Waals surface area contributed by atoms with Gasteiger partial charge >= 0.3 is 0 Å². The van der Waals surface area contributed by atoms with Crippen LogP contribution >= 0.6 is 0 Å². The Kier molecular flexibility index (Phi) is 2.26. The van der Waals surface area contributed by atoms with Gasteiger partial charge in [-0.2, -0.15) is 0 Å². The first-order valence-electron chi connectivity index (χ1n) is 4.68. The molecule has 0 saturated heterocycles. The third-order valence-electron chi connectivity index (χ3n) is 2.59. The van der Waals surface area contributed by atoms with Gasteiger partial charge in [0.2, 0.25) is 5.88 Å². The number of halogens is 1. The van der Waals surface area contributed by atoms with E-state index < -0.39 is 11.4 Å². The van der Waals surface area contributed by atoms with Crippen molar-refractivity contribution < 1.29 is 13.9 Å². The molecule has 0 radical (unpaired) electrons. The molecule has 5 heteroatoms. The van der Waals surface area contributed by atoms with Gasteiger partial charge in [-0.05, 0) is 12.8 Å². The fraction of sp³-hybridized carbons (Fsp3) is 0.500. The van der Waals surface area contributed by atoms with Crippen LogP contribution in [0.15, 0.2) is 6.07 Å². The summed E-state index contributed by atoms with van der Waals surface area (Å²) in [5.74, 6) is -0.0492. The minimum Gasteiger partial charge on any atom is -0.493 e. The summed E-state index contributed by atoms with van der Waals surface area (Å²) in [5.41, 5.74) is 5.50. The smallest absolute Gasteiger partial charge is 0.217 e. The van der Waals surface area contributed by atoms with E-state index >= 15 is 0 Å². The standard InChI is InChI=1S/C10H13FN2O2/c1-14-6-5-7(15-2)13-9(8(6)11)10(12)3-4-10/h5H,3-4,12H2,1-2H3. The molecule has 1 aliphatic rings. The summed E-state index contributed by atoms with van der Waals surface area (Å²) in [6.45, 7) is 0. The van der Waals surface area contributed by atoms with Crippen molar-refractivity contribution in [2.24, 2.45) is 5.73 Å². The van der Waals surface area contributed by atoms with Crippen LogP contribution in [0.25, 0.3) is 0 Å². The van der Waals surface area contributed by atoms with Gasteiger partial charge in [0.05, 0.1) is 19.8 Å². The zero-order valence-electron chi connectivity index (χ0n) is 8.71. The van der Waals surface area contributed by atoms with Crippen LogP contribution in [-0.2, 0) is 5.54 Å². The number of nitrogens with zero attached hydrogens (tertiary/aromatic N) is 1. The van der Waals surface area contributed by atoms with E-state index in [1.165, 1.54) is 20.3 Å². The number of rotatable bonds is 3. The maximum atomic E-state index is 13.8. The lowest BCUT2D eigenvalue weighted by Crippen LogP contribution is -2.22. The van der Waals surface area contributed by atoms with Gasteiger partial charge in [0.15, 0.2) is 11.6 Å². The third-order valence-corrected chi connectivity index (χ3v) is 2.59. The molecular formula is C10H13FN2O2. The average molecular weight is 212 g/mol. The van der Waals surface area contributed by atoms with Crippen LogP contribution in [0, 0.1) is 5.82 Å². The summed E-state index contributed by atoms with van der Waals surface area (Å²) in [5, 5.41) is 0. The highest BCUT2D eigenvalue weighted by Gasteiger charge is 2.44. The van der Waals surface area contributed by atoms with E-state index in [0.717, 1.165) is 12.8 Å². The van der Waals surface area contributed by atoms with Crippen LogP contribution in [0.3, 0.4) is 0 Å². The Labute approximate surface area is 87.2 Å². The molecule has 0 amide bonds. The maximum absolute atomic E-state index is 13.8. The van der Waals surface area contributed by atoms with Crippen molar-refractivity contribution in [3.05, 3.63) is 17.6 Å². The minimum absolute atomic E-state index is 0.119. The molecular weight excluding hydrogens is 199 g/mol. The second kappa shape index (κ2) is 3.34. The molecule has 2 N–H and O–H groups in total. The molecule has 0 spiro atoms. The molecule has 1 saturated carbocycles. The van der Waals surface area contributed by atoms with Gasteiger partial charge in [0.1, 0.15) is 5.69 Å². The zero-order valence-corrected chi connectivity index (χ0v) is 8.71. The summed E-state index contributed by atoms with van der Waals surface area (Å²) in [6.07, 6.45) is 1.49. The van der Waals surface area contributed by atoms with E-state index in [-0.39, 0.29) is 11.4 Å². The number of hydrogen-bond acceptors (Lipinski definition) is 4. The summed E-state index contributed by atoms with van der Waals surface area (Å²) >= 11 is 0. The summed E-state index contributed by atoms with van der Waals surface area (Å²) in [6, 6.07) is 1.41. The van der Waals surface area contributed by atoms with Crippen molar-refractivity contribution in [3.8, 4) is 11.6 Å². The average Bonchev–Trinajstić information content (AvgIpc) is 2.98. The molecule has 2 rings (SSSR count). The quantitative estimate of drug-likeness (QED) is 0.817. The fourth-order valence-electron chi connectivity index (χ4n) is 1.44. The molecule has 0 aromatic carbocycles. The van der Waals surface area contributed by atoms with Crippen LogP contribution in [0.1, 0.15) is 18.5 Å². The Morgan fingerprint density at radius 1 is 1.40 bits per heavy atom. The van der Waals surface area contributed by atoms with E-state index in [4.69, 9.17) is 15.2 Å². The van der Waals surface area contributed by atoms with E-state index in [9.17, 15) is 4.39 Å². The molecule has 15 heavy (non-hydrogen) atoms. The number of methoxy groups -OCH3 is 2. The second-order valence-corrected chi connectivity index (χ2v) is 3.69. The zero-order chi connectivity index (χ0) is 11.1. The first-order chi connectivity index (χ1) is 7.10. The fourth-order valence-corrected chi connectivity index (χ4v) is 1.44. The lowest BCUT2D eigenvalue weighted by molar-refractivity contribution is 0.356. The highest BCUT2D eigenvalue weighted by atomic mass is 19.1. The Balaban J connectivity index is 2.52. The highest BCUT2D eigenvalue weighted by Crippen LogP contribution is 2.44. The van der Waals surface area contributed by atoms with Gasteiger partial charge in [0.25, 0.3) is 0 Å². The number of ether oxygens (including phenoxy) is 2. The van der Waals surface area contributed by atoms with Crippen molar-refractivity contribution in [2.45, 2.75) is 18.4 Å². The van der Waals surface area contributed by atoms with Crippen LogP contribution in [0.2, 0.25) is 0 Å². The van der Waals surface area contributed by atoms with Gasteiger partial charge in [0, 0.05) is 6.07 Å². The molecule has 1 aromatic rings. The summed E-state index contributed by atoms with van der Waals surface area (Å²) in [4.78, 5) is 4.03. The van der Waals surface area contributed by atoms with Crippen LogP contribution in [0.4, 0.5) is 4.39 Å². The number of nitrogens with two attached hydrogens (primary N) is 1.